The molecule has 0 amide bonds. The molecule has 16 heavy (non-hydrogen) atoms. The molecule has 80 valence electrons. The van der Waals surface area contributed by atoms with Gasteiger partial charge in [0.1, 0.15) is 5.82 Å². The molecule has 4 nitrogen and oxygen atoms in total. The topological polar surface area (TPSA) is 68.9 Å². The average molecular weight is 213 g/mol. The predicted molar refractivity (Wildman–Crippen MR) is 60.9 cm³/mol. The second-order valence-corrected chi connectivity index (χ2v) is 3.39. The summed E-state index contributed by atoms with van der Waals surface area (Å²) in [5.41, 5.74) is 7.02. The summed E-state index contributed by atoms with van der Waals surface area (Å²) in [6.45, 7) is 0. The maximum absolute atomic E-state index is 11.9. The predicted octanol–water partition coefficient (Wildman–Crippen LogP) is 1.48. The van der Waals surface area contributed by atoms with Crippen LogP contribution in [-0.4, -0.2) is 15.8 Å². The summed E-state index contributed by atoms with van der Waals surface area (Å²) in [5.74, 6) is 0.248. The molecule has 0 saturated carbocycles. The van der Waals surface area contributed by atoms with Crippen molar-refractivity contribution < 1.29 is 4.79 Å². The van der Waals surface area contributed by atoms with E-state index in [1.54, 1.807) is 30.7 Å². The monoisotopic (exact) mass is 213 g/mol. The molecule has 2 N–H and O–H groups in total. The Labute approximate surface area is 93.2 Å². The third-order valence-electron chi connectivity index (χ3n) is 2.25. The van der Waals surface area contributed by atoms with Crippen LogP contribution in [0.1, 0.15) is 15.9 Å². The Bertz CT molecular complexity index is 497. The molecule has 0 aliphatic rings. The summed E-state index contributed by atoms with van der Waals surface area (Å²) in [6, 6.07) is 7.01. The first-order valence-electron chi connectivity index (χ1n) is 4.90. The molecule has 0 bridgehead atoms. The van der Waals surface area contributed by atoms with Crippen LogP contribution >= 0.6 is 0 Å². The number of Topliss-reactive ketones (excluding diaryl/α,β-unsaturated/α-hetero) is 1. The SMILES string of the molecule is Nc1ncccc1C(=O)Cc1ccncc1. The number of nitrogen functional groups attached to an aromatic ring is 1. The van der Waals surface area contributed by atoms with Gasteiger partial charge >= 0.3 is 0 Å². The highest BCUT2D eigenvalue weighted by Crippen LogP contribution is 2.11. The minimum Gasteiger partial charge on any atom is -0.383 e. The third-order valence-corrected chi connectivity index (χ3v) is 2.25. The first-order chi connectivity index (χ1) is 7.77. The lowest BCUT2D eigenvalue weighted by molar-refractivity contribution is 0.0993. The van der Waals surface area contributed by atoms with E-state index in [0.29, 0.717) is 12.0 Å². The second-order valence-electron chi connectivity index (χ2n) is 3.39. The number of aromatic nitrogens is 2. The Morgan fingerprint density at radius 2 is 1.94 bits per heavy atom. The van der Waals surface area contributed by atoms with Gasteiger partial charge in [-0.05, 0) is 29.8 Å². The van der Waals surface area contributed by atoms with Crippen molar-refractivity contribution in [3.63, 3.8) is 0 Å². The van der Waals surface area contributed by atoms with Crippen molar-refractivity contribution in [2.24, 2.45) is 0 Å². The van der Waals surface area contributed by atoms with Gasteiger partial charge in [-0.1, -0.05) is 0 Å². The van der Waals surface area contributed by atoms with Gasteiger partial charge in [-0.25, -0.2) is 4.98 Å². The van der Waals surface area contributed by atoms with Crippen molar-refractivity contribution in [1.29, 1.82) is 0 Å². The zero-order valence-corrected chi connectivity index (χ0v) is 8.63. The van der Waals surface area contributed by atoms with Gasteiger partial charge in [-0.3, -0.25) is 9.78 Å². The van der Waals surface area contributed by atoms with Gasteiger partial charge in [0.2, 0.25) is 0 Å². The van der Waals surface area contributed by atoms with Gasteiger partial charge in [-0.15, -0.1) is 0 Å². The lowest BCUT2D eigenvalue weighted by Gasteiger charge is -2.03. The van der Waals surface area contributed by atoms with Gasteiger partial charge in [0.05, 0.1) is 5.56 Å². The summed E-state index contributed by atoms with van der Waals surface area (Å²) in [5, 5.41) is 0. The van der Waals surface area contributed by atoms with E-state index in [2.05, 4.69) is 9.97 Å². The summed E-state index contributed by atoms with van der Waals surface area (Å²) in [4.78, 5) is 19.7. The molecule has 0 fully saturated rings. The van der Waals surface area contributed by atoms with E-state index < -0.39 is 0 Å². The fraction of sp³-hybridized carbons (Fsp3) is 0.0833. The highest BCUT2D eigenvalue weighted by atomic mass is 16.1. The number of anilines is 1. The maximum Gasteiger partial charge on any atom is 0.170 e. The van der Waals surface area contributed by atoms with Crippen LogP contribution in [0.2, 0.25) is 0 Å². The molecule has 0 aliphatic carbocycles. The molecule has 0 aromatic carbocycles. The minimum atomic E-state index is -0.0307. The molecule has 0 aliphatic heterocycles. The van der Waals surface area contributed by atoms with Crippen molar-refractivity contribution in [3.05, 3.63) is 54.0 Å². The molecule has 0 atom stereocenters. The van der Waals surface area contributed by atoms with E-state index in [1.165, 1.54) is 0 Å². The number of pyridine rings is 2. The molecule has 2 aromatic rings. The zero-order chi connectivity index (χ0) is 11.4. The van der Waals surface area contributed by atoms with Gasteiger partial charge in [0, 0.05) is 25.0 Å². The molecule has 2 rings (SSSR count). The largest absolute Gasteiger partial charge is 0.383 e. The van der Waals surface area contributed by atoms with Crippen LogP contribution in [-0.2, 0) is 6.42 Å². The van der Waals surface area contributed by atoms with Gasteiger partial charge < -0.3 is 5.73 Å². The van der Waals surface area contributed by atoms with Gasteiger partial charge in [0.15, 0.2) is 5.78 Å². The standard InChI is InChI=1S/C12H11N3O/c13-12-10(2-1-5-15-12)11(16)8-9-3-6-14-7-4-9/h1-7H,8H2,(H2,13,15). The minimum absolute atomic E-state index is 0.0307. The Balaban J connectivity index is 2.19. The first kappa shape index (κ1) is 10.3. The van der Waals surface area contributed by atoms with E-state index in [9.17, 15) is 4.79 Å². The summed E-state index contributed by atoms with van der Waals surface area (Å²) in [7, 11) is 0. The van der Waals surface area contributed by atoms with Crippen molar-refractivity contribution in [3.8, 4) is 0 Å². The van der Waals surface area contributed by atoms with Crippen LogP contribution < -0.4 is 5.73 Å². The number of hydrogen-bond acceptors (Lipinski definition) is 4. The van der Waals surface area contributed by atoms with Crippen LogP contribution in [0.3, 0.4) is 0 Å². The number of ketones is 1. The fourth-order valence-electron chi connectivity index (χ4n) is 1.43. The quantitative estimate of drug-likeness (QED) is 0.784. The second kappa shape index (κ2) is 4.53. The van der Waals surface area contributed by atoms with Crippen molar-refractivity contribution in [1.82, 2.24) is 9.97 Å². The Morgan fingerprint density at radius 3 is 2.62 bits per heavy atom. The number of carbonyl (C=O) groups is 1. The molecule has 0 radical (unpaired) electrons. The third kappa shape index (κ3) is 2.23. The molecular weight excluding hydrogens is 202 g/mol. The number of nitrogens with zero attached hydrogens (tertiary/aromatic N) is 2. The molecule has 0 spiro atoms. The first-order valence-corrected chi connectivity index (χ1v) is 4.90. The Kier molecular flexibility index (Phi) is 2.91. The number of nitrogens with two attached hydrogens (primary N) is 1. The van der Waals surface area contributed by atoms with Crippen LogP contribution in [0.4, 0.5) is 5.82 Å². The average Bonchev–Trinajstić information content (AvgIpc) is 2.31. The molecule has 2 heterocycles. The van der Waals surface area contributed by atoms with E-state index in [1.807, 2.05) is 12.1 Å². The fourth-order valence-corrected chi connectivity index (χ4v) is 1.43. The van der Waals surface area contributed by atoms with Crippen molar-refractivity contribution >= 4 is 11.6 Å². The summed E-state index contributed by atoms with van der Waals surface area (Å²) < 4.78 is 0. The Hall–Kier alpha value is -2.23. The van der Waals surface area contributed by atoms with E-state index in [4.69, 9.17) is 5.73 Å². The molecule has 4 heteroatoms. The van der Waals surface area contributed by atoms with Gasteiger partial charge in [0.25, 0.3) is 0 Å². The normalized spacial score (nSPS) is 10.0. The highest BCUT2D eigenvalue weighted by Gasteiger charge is 2.10. The van der Waals surface area contributed by atoms with Crippen LogP contribution in [0.15, 0.2) is 42.9 Å². The molecule has 0 saturated heterocycles. The Morgan fingerprint density at radius 1 is 1.19 bits per heavy atom. The smallest absolute Gasteiger partial charge is 0.170 e. The molecule has 0 unspecified atom stereocenters. The van der Waals surface area contributed by atoms with Crippen molar-refractivity contribution in [2.75, 3.05) is 5.73 Å². The number of carbonyl (C=O) groups excluding carboxylic acids is 1. The lowest BCUT2D eigenvalue weighted by Crippen LogP contribution is -2.08. The van der Waals surface area contributed by atoms with E-state index >= 15 is 0 Å². The summed E-state index contributed by atoms with van der Waals surface area (Å²) in [6.07, 6.45) is 5.21. The highest BCUT2D eigenvalue weighted by molar-refractivity contribution is 6.01. The van der Waals surface area contributed by atoms with E-state index in [-0.39, 0.29) is 11.6 Å². The molecule has 2 aromatic heterocycles. The zero-order valence-electron chi connectivity index (χ0n) is 8.63. The number of hydrogen-bond donors (Lipinski definition) is 1. The maximum atomic E-state index is 11.9. The van der Waals surface area contributed by atoms with Crippen LogP contribution in [0.5, 0.6) is 0 Å². The lowest BCUT2D eigenvalue weighted by atomic mass is 10.0. The van der Waals surface area contributed by atoms with Gasteiger partial charge in [-0.2, -0.15) is 0 Å². The molecular formula is C12H11N3O. The summed E-state index contributed by atoms with van der Waals surface area (Å²) >= 11 is 0. The van der Waals surface area contributed by atoms with Crippen LogP contribution in [0.25, 0.3) is 0 Å². The van der Waals surface area contributed by atoms with Crippen molar-refractivity contribution in [2.45, 2.75) is 6.42 Å². The van der Waals surface area contributed by atoms with Crippen LogP contribution in [0, 0.1) is 0 Å². The van der Waals surface area contributed by atoms with E-state index in [0.717, 1.165) is 5.56 Å². The number of rotatable bonds is 3.